The van der Waals surface area contributed by atoms with Crippen LogP contribution in [0.4, 0.5) is 0 Å². The molecule has 0 bridgehead atoms. The number of nitrogens with zero attached hydrogens (tertiary/aromatic N) is 1. The first kappa shape index (κ1) is 64.0. The number of hydrogen-bond acceptors (Lipinski definition) is 7. The van der Waals surface area contributed by atoms with Crippen molar-refractivity contribution in [3.8, 4) is 0 Å². The number of carbonyl (C=O) groups excluding carboxylic acids is 2. The van der Waals surface area contributed by atoms with Gasteiger partial charge < -0.3 is 18.9 Å². The largest absolute Gasteiger partial charge is 0.472 e. The van der Waals surface area contributed by atoms with Gasteiger partial charge >= 0.3 is 19.8 Å². The van der Waals surface area contributed by atoms with Gasteiger partial charge in [-0.15, -0.1) is 0 Å². The van der Waals surface area contributed by atoms with Crippen LogP contribution in [0.2, 0.25) is 0 Å². The Morgan fingerprint density at radius 2 is 0.692 bits per heavy atom. The van der Waals surface area contributed by atoms with Crippen LogP contribution in [-0.4, -0.2) is 74.9 Å². The molecule has 9 nitrogen and oxygen atoms in total. The average molecular weight is 945 g/mol. The molecule has 0 amide bonds. The molecule has 0 heterocycles. The molecule has 0 saturated heterocycles. The van der Waals surface area contributed by atoms with Crippen molar-refractivity contribution in [1.82, 2.24) is 0 Å². The molecule has 0 saturated carbocycles. The van der Waals surface area contributed by atoms with Crippen LogP contribution in [0.15, 0.2) is 0 Å². The van der Waals surface area contributed by atoms with Gasteiger partial charge in [-0.1, -0.05) is 264 Å². The molecule has 0 aliphatic rings. The van der Waals surface area contributed by atoms with E-state index in [0.29, 0.717) is 17.4 Å². The van der Waals surface area contributed by atoms with Crippen molar-refractivity contribution >= 4 is 19.8 Å². The van der Waals surface area contributed by atoms with Gasteiger partial charge in [0.2, 0.25) is 0 Å². The minimum atomic E-state index is -4.37. The molecule has 10 heteroatoms. The Morgan fingerprint density at radius 3 is 0.985 bits per heavy atom. The molecule has 1 N–H and O–H groups in total. The molecule has 0 rings (SSSR count). The number of likely N-dealkylation sites (N-methyl/N-ethyl adjacent to an activating group) is 1. The summed E-state index contributed by atoms with van der Waals surface area (Å²) in [6, 6.07) is 0. The van der Waals surface area contributed by atoms with E-state index in [1.54, 1.807) is 0 Å². The quantitative estimate of drug-likeness (QED) is 0.0278. The Morgan fingerprint density at radius 1 is 0.415 bits per heavy atom. The van der Waals surface area contributed by atoms with Gasteiger partial charge in [0.05, 0.1) is 27.7 Å². The fourth-order valence-electron chi connectivity index (χ4n) is 8.49. The third-order valence-corrected chi connectivity index (χ3v) is 13.9. The lowest BCUT2D eigenvalue weighted by Gasteiger charge is -2.24. The highest BCUT2D eigenvalue weighted by molar-refractivity contribution is 7.47. The number of phosphoric acid groups is 1. The first-order chi connectivity index (χ1) is 31.5. The van der Waals surface area contributed by atoms with Crippen molar-refractivity contribution in [2.45, 2.75) is 296 Å². The van der Waals surface area contributed by atoms with Gasteiger partial charge in [0.1, 0.15) is 19.8 Å². The van der Waals surface area contributed by atoms with Gasteiger partial charge in [-0.3, -0.25) is 18.6 Å². The first-order valence-corrected chi connectivity index (χ1v) is 29.8. The Balaban J connectivity index is 3.84. The van der Waals surface area contributed by atoms with Crippen LogP contribution in [0.5, 0.6) is 0 Å². The van der Waals surface area contributed by atoms with Crippen LogP contribution in [-0.2, 0) is 32.7 Å². The molecule has 0 spiro atoms. The molecular weight excluding hydrogens is 834 g/mol. The molecule has 2 unspecified atom stereocenters. The smallest absolute Gasteiger partial charge is 0.462 e. The molecular formula is C55H111NO8P+. The fraction of sp³-hybridized carbons (Fsp3) is 0.964. The van der Waals surface area contributed by atoms with E-state index in [4.69, 9.17) is 18.5 Å². The van der Waals surface area contributed by atoms with E-state index >= 15 is 0 Å². The topological polar surface area (TPSA) is 108 Å². The van der Waals surface area contributed by atoms with Gasteiger partial charge in [-0.05, 0) is 12.8 Å². The van der Waals surface area contributed by atoms with E-state index < -0.39 is 26.5 Å². The zero-order chi connectivity index (χ0) is 47.8. The monoisotopic (exact) mass is 945 g/mol. The number of ether oxygens (including phenoxy) is 2. The number of hydrogen-bond donors (Lipinski definition) is 1. The van der Waals surface area contributed by atoms with Crippen molar-refractivity contribution in [2.24, 2.45) is 0 Å². The second-order valence-electron chi connectivity index (χ2n) is 20.7. The van der Waals surface area contributed by atoms with Crippen LogP contribution in [0, 0.1) is 0 Å². The van der Waals surface area contributed by atoms with Crippen LogP contribution in [0.1, 0.15) is 290 Å². The van der Waals surface area contributed by atoms with Crippen LogP contribution < -0.4 is 0 Å². The molecule has 0 aromatic carbocycles. The van der Waals surface area contributed by atoms with Crippen molar-refractivity contribution in [3.05, 3.63) is 0 Å². The van der Waals surface area contributed by atoms with Gasteiger partial charge in [0.25, 0.3) is 0 Å². The third kappa shape index (κ3) is 52.2. The van der Waals surface area contributed by atoms with Gasteiger partial charge in [-0.2, -0.15) is 0 Å². The summed E-state index contributed by atoms with van der Waals surface area (Å²) in [6.07, 6.45) is 53.6. The molecule has 0 aromatic rings. The average Bonchev–Trinajstić information content (AvgIpc) is 3.26. The van der Waals surface area contributed by atoms with Crippen LogP contribution in [0.3, 0.4) is 0 Å². The van der Waals surface area contributed by atoms with Crippen molar-refractivity contribution < 1.29 is 42.1 Å². The van der Waals surface area contributed by atoms with E-state index in [2.05, 4.69) is 13.8 Å². The molecule has 2 atom stereocenters. The number of esters is 2. The Hall–Kier alpha value is -0.990. The molecule has 0 aromatic heterocycles. The number of unbranched alkanes of at least 4 members (excludes halogenated alkanes) is 39. The minimum Gasteiger partial charge on any atom is -0.462 e. The summed E-state index contributed by atoms with van der Waals surface area (Å²) in [5.41, 5.74) is 0. The van der Waals surface area contributed by atoms with Crippen LogP contribution in [0.25, 0.3) is 0 Å². The lowest BCUT2D eigenvalue weighted by atomic mass is 10.0. The highest BCUT2D eigenvalue weighted by atomic mass is 31.2. The van der Waals surface area contributed by atoms with Gasteiger partial charge in [0.15, 0.2) is 6.10 Å². The molecule has 0 radical (unpaired) electrons. The maximum atomic E-state index is 12.7. The summed E-state index contributed by atoms with van der Waals surface area (Å²) in [5, 5.41) is 0. The number of carbonyl (C=O) groups is 2. The Kier molecular flexibility index (Phi) is 47.3. The SMILES string of the molecule is CCCCCCCCCCCCCCCCCCCCCCCCCCCCCCCCCCCC(=O)OC(COC(=O)CCCCCCCCCC)COP(=O)(O)OCC[N+](C)(C)C. The second-order valence-corrected chi connectivity index (χ2v) is 22.1. The van der Waals surface area contributed by atoms with Crippen molar-refractivity contribution in [2.75, 3.05) is 47.5 Å². The normalized spacial score (nSPS) is 13.3. The molecule has 65 heavy (non-hydrogen) atoms. The summed E-state index contributed by atoms with van der Waals surface area (Å²) in [7, 11) is 1.50. The van der Waals surface area contributed by atoms with E-state index in [0.717, 1.165) is 38.5 Å². The van der Waals surface area contributed by atoms with Crippen LogP contribution >= 0.6 is 7.82 Å². The fourth-order valence-corrected chi connectivity index (χ4v) is 9.23. The molecule has 388 valence electrons. The second kappa shape index (κ2) is 48.1. The van der Waals surface area contributed by atoms with Gasteiger partial charge in [0, 0.05) is 12.8 Å². The maximum absolute atomic E-state index is 12.7. The lowest BCUT2D eigenvalue weighted by molar-refractivity contribution is -0.870. The highest BCUT2D eigenvalue weighted by Crippen LogP contribution is 2.43. The van der Waals surface area contributed by atoms with E-state index in [-0.39, 0.29) is 25.6 Å². The number of quaternary nitrogens is 1. The molecule has 0 aliphatic carbocycles. The number of rotatable bonds is 53. The molecule has 0 aliphatic heterocycles. The van der Waals surface area contributed by atoms with Gasteiger partial charge in [-0.25, -0.2) is 4.57 Å². The van der Waals surface area contributed by atoms with E-state index in [1.807, 2.05) is 21.1 Å². The van der Waals surface area contributed by atoms with Crippen molar-refractivity contribution in [3.63, 3.8) is 0 Å². The summed E-state index contributed by atoms with van der Waals surface area (Å²) < 4.78 is 34.3. The minimum absolute atomic E-state index is 0.0368. The standard InChI is InChI=1S/C55H110NO8P/c1-6-8-10-12-14-16-17-18-19-20-21-22-23-24-25-26-27-28-29-30-31-32-33-34-35-36-37-38-39-40-42-44-46-48-55(58)64-53(52-63-65(59,60)62-50-49-56(3,4)5)51-61-54(57)47-45-43-41-15-13-11-9-7-2/h53H,6-52H2,1-5H3/p+1. The summed E-state index contributed by atoms with van der Waals surface area (Å²) >= 11 is 0. The van der Waals surface area contributed by atoms with Crippen molar-refractivity contribution in [1.29, 1.82) is 0 Å². The van der Waals surface area contributed by atoms with E-state index in [1.165, 1.54) is 225 Å². The first-order valence-electron chi connectivity index (χ1n) is 28.3. The summed E-state index contributed by atoms with van der Waals surface area (Å²) in [5.74, 6) is -0.785. The zero-order valence-electron chi connectivity index (χ0n) is 44.0. The number of phosphoric ester groups is 1. The lowest BCUT2D eigenvalue weighted by Crippen LogP contribution is -2.37. The third-order valence-electron chi connectivity index (χ3n) is 12.9. The molecule has 0 fully saturated rings. The predicted octanol–water partition coefficient (Wildman–Crippen LogP) is 17.1. The highest BCUT2D eigenvalue weighted by Gasteiger charge is 2.27. The maximum Gasteiger partial charge on any atom is 0.472 e. The predicted molar refractivity (Wildman–Crippen MR) is 275 cm³/mol. The Labute approximate surface area is 404 Å². The summed E-state index contributed by atoms with van der Waals surface area (Å²) in [4.78, 5) is 35.4. The van der Waals surface area contributed by atoms with E-state index in [9.17, 15) is 19.0 Å². The Bertz CT molecular complexity index is 1070. The zero-order valence-corrected chi connectivity index (χ0v) is 44.9. The summed E-state index contributed by atoms with van der Waals surface area (Å²) in [6.45, 7) is 4.44.